The predicted octanol–water partition coefficient (Wildman–Crippen LogP) is 2.87. The van der Waals surface area contributed by atoms with Gasteiger partial charge in [0.2, 0.25) is 0 Å². The number of para-hydroxylation sites is 1. The molecule has 0 saturated carbocycles. The molecule has 25 heavy (non-hydrogen) atoms. The molecule has 5 nitrogen and oxygen atoms in total. The second-order valence-corrected chi connectivity index (χ2v) is 6.70. The predicted molar refractivity (Wildman–Crippen MR) is 105 cm³/mol. The fourth-order valence-electron chi connectivity index (χ4n) is 3.18. The number of benzene rings is 1. The summed E-state index contributed by atoms with van der Waals surface area (Å²) < 4.78 is 5.68. The third kappa shape index (κ3) is 6.94. The van der Waals surface area contributed by atoms with E-state index in [4.69, 9.17) is 9.73 Å². The first-order valence-corrected chi connectivity index (χ1v) is 9.64. The van der Waals surface area contributed by atoms with E-state index in [0.29, 0.717) is 13.2 Å². The minimum atomic E-state index is 0.625. The largest absolute Gasteiger partial charge is 0.494 e. The Kier molecular flexibility index (Phi) is 8.60. The Morgan fingerprint density at radius 2 is 1.96 bits per heavy atom. The molecular weight excluding hydrogens is 312 g/mol. The Bertz CT molecular complexity index is 524. The Morgan fingerprint density at radius 1 is 1.20 bits per heavy atom. The van der Waals surface area contributed by atoms with Gasteiger partial charge in [0.25, 0.3) is 0 Å². The van der Waals surface area contributed by atoms with Gasteiger partial charge in [-0.05, 0) is 65.2 Å². The van der Waals surface area contributed by atoms with Crippen molar-refractivity contribution in [2.24, 2.45) is 10.9 Å². The summed E-state index contributed by atoms with van der Waals surface area (Å²) in [5.41, 5.74) is 1.12. The van der Waals surface area contributed by atoms with Gasteiger partial charge >= 0.3 is 0 Å². The third-order valence-corrected chi connectivity index (χ3v) is 4.71. The average Bonchev–Trinajstić information content (AvgIpc) is 2.62. The monoisotopic (exact) mass is 346 g/mol. The topological polar surface area (TPSA) is 48.9 Å². The highest BCUT2D eigenvalue weighted by Gasteiger charge is 2.16. The summed E-state index contributed by atoms with van der Waals surface area (Å²) in [5, 5.41) is 6.82. The zero-order valence-electron chi connectivity index (χ0n) is 16.1. The first-order chi connectivity index (χ1) is 12.2. The fourth-order valence-corrected chi connectivity index (χ4v) is 3.18. The maximum atomic E-state index is 5.68. The molecule has 1 saturated heterocycles. The molecule has 0 aromatic heterocycles. The van der Waals surface area contributed by atoms with Gasteiger partial charge in [-0.15, -0.1) is 0 Å². The molecule has 140 valence electrons. The zero-order chi connectivity index (χ0) is 17.9. The smallest absolute Gasteiger partial charge is 0.191 e. The van der Waals surface area contributed by atoms with Gasteiger partial charge in [-0.2, -0.15) is 0 Å². The number of nitrogens with one attached hydrogen (secondary N) is 2. The first-order valence-electron chi connectivity index (χ1n) is 9.64. The van der Waals surface area contributed by atoms with Crippen molar-refractivity contribution >= 4 is 5.96 Å². The maximum Gasteiger partial charge on any atom is 0.191 e. The van der Waals surface area contributed by atoms with Crippen molar-refractivity contribution < 1.29 is 4.74 Å². The van der Waals surface area contributed by atoms with Gasteiger partial charge in [-0.3, -0.25) is 0 Å². The summed E-state index contributed by atoms with van der Waals surface area (Å²) in [6.45, 7) is 9.72. The van der Waals surface area contributed by atoms with Gasteiger partial charge in [0.1, 0.15) is 5.75 Å². The number of hydrogen-bond acceptors (Lipinski definition) is 3. The Hall–Kier alpha value is -1.75. The molecule has 0 radical (unpaired) electrons. The summed E-state index contributed by atoms with van der Waals surface area (Å²) in [7, 11) is 2.21. The van der Waals surface area contributed by atoms with Crippen molar-refractivity contribution in [3.63, 3.8) is 0 Å². The molecule has 1 aromatic rings. The number of ether oxygens (including phenoxy) is 1. The van der Waals surface area contributed by atoms with Gasteiger partial charge in [-0.25, -0.2) is 4.99 Å². The van der Waals surface area contributed by atoms with E-state index >= 15 is 0 Å². The molecule has 2 N–H and O–H groups in total. The van der Waals surface area contributed by atoms with Gasteiger partial charge in [-0.1, -0.05) is 18.2 Å². The van der Waals surface area contributed by atoms with Crippen LogP contribution in [0.2, 0.25) is 0 Å². The van der Waals surface area contributed by atoms with Crippen LogP contribution in [0.15, 0.2) is 29.3 Å². The van der Waals surface area contributed by atoms with Gasteiger partial charge < -0.3 is 20.3 Å². The van der Waals surface area contributed by atoms with E-state index in [2.05, 4.69) is 35.6 Å². The van der Waals surface area contributed by atoms with Crippen molar-refractivity contribution in [3.8, 4) is 5.75 Å². The van der Waals surface area contributed by atoms with Crippen molar-refractivity contribution in [2.75, 3.05) is 39.8 Å². The molecule has 0 spiro atoms. The minimum Gasteiger partial charge on any atom is -0.494 e. The van der Waals surface area contributed by atoms with Crippen molar-refractivity contribution in [3.05, 3.63) is 29.8 Å². The summed E-state index contributed by atoms with van der Waals surface area (Å²) in [6, 6.07) is 8.13. The Balaban J connectivity index is 1.83. The van der Waals surface area contributed by atoms with E-state index in [1.54, 1.807) is 0 Å². The van der Waals surface area contributed by atoms with Crippen LogP contribution >= 0.6 is 0 Å². The van der Waals surface area contributed by atoms with Crippen LogP contribution in [-0.2, 0) is 6.54 Å². The average molecular weight is 347 g/mol. The molecule has 0 bridgehead atoms. The molecule has 1 aromatic carbocycles. The van der Waals surface area contributed by atoms with Crippen LogP contribution in [0.3, 0.4) is 0 Å². The normalized spacial score (nSPS) is 16.7. The molecule has 0 aliphatic carbocycles. The summed E-state index contributed by atoms with van der Waals surface area (Å²) in [4.78, 5) is 7.15. The minimum absolute atomic E-state index is 0.625. The highest BCUT2D eigenvalue weighted by Crippen LogP contribution is 2.19. The number of nitrogens with zero attached hydrogens (tertiary/aromatic N) is 2. The quantitative estimate of drug-likeness (QED) is 0.561. The van der Waals surface area contributed by atoms with E-state index < -0.39 is 0 Å². The number of piperidine rings is 1. The van der Waals surface area contributed by atoms with Gasteiger partial charge in [0.05, 0.1) is 13.2 Å². The fraction of sp³-hybridized carbons (Fsp3) is 0.650. The lowest BCUT2D eigenvalue weighted by atomic mass is 9.94. The van der Waals surface area contributed by atoms with Crippen LogP contribution in [0.1, 0.15) is 38.7 Å². The number of hydrogen-bond donors (Lipinski definition) is 2. The summed E-state index contributed by atoms with van der Waals surface area (Å²) >= 11 is 0. The van der Waals surface area contributed by atoms with Crippen LogP contribution in [0, 0.1) is 5.92 Å². The number of aliphatic imine (C=N–C) groups is 1. The maximum absolute atomic E-state index is 5.68. The lowest BCUT2D eigenvalue weighted by Gasteiger charge is -2.29. The Morgan fingerprint density at radius 3 is 2.68 bits per heavy atom. The van der Waals surface area contributed by atoms with Crippen molar-refractivity contribution in [1.29, 1.82) is 0 Å². The van der Waals surface area contributed by atoms with E-state index in [1.807, 2.05) is 25.1 Å². The molecule has 0 atom stereocenters. The molecule has 2 rings (SSSR count). The van der Waals surface area contributed by atoms with Crippen molar-refractivity contribution in [2.45, 2.75) is 39.7 Å². The van der Waals surface area contributed by atoms with E-state index in [-0.39, 0.29) is 0 Å². The second-order valence-electron chi connectivity index (χ2n) is 6.70. The lowest BCUT2D eigenvalue weighted by molar-refractivity contribution is 0.213. The Labute approximate surface area is 152 Å². The van der Waals surface area contributed by atoms with E-state index in [9.17, 15) is 0 Å². The third-order valence-electron chi connectivity index (χ3n) is 4.71. The molecule has 0 amide bonds. The number of guanidine groups is 1. The van der Waals surface area contributed by atoms with Gasteiger partial charge in [0, 0.05) is 18.7 Å². The summed E-state index contributed by atoms with van der Waals surface area (Å²) in [5.74, 6) is 2.66. The molecule has 0 unspecified atom stereocenters. The highest BCUT2D eigenvalue weighted by molar-refractivity contribution is 5.79. The molecule has 5 heteroatoms. The zero-order valence-corrected chi connectivity index (χ0v) is 16.1. The first kappa shape index (κ1) is 19.6. The SMILES string of the molecule is CCNC(=NCc1ccccc1OCC)NCCC1CCN(C)CC1. The molecule has 1 aliphatic rings. The molecule has 1 aliphatic heterocycles. The van der Waals surface area contributed by atoms with Crippen LogP contribution in [0.5, 0.6) is 5.75 Å². The van der Waals surface area contributed by atoms with E-state index in [0.717, 1.165) is 36.3 Å². The van der Waals surface area contributed by atoms with Crippen LogP contribution in [0.4, 0.5) is 0 Å². The highest BCUT2D eigenvalue weighted by atomic mass is 16.5. The molecular formula is C20H34N4O. The summed E-state index contributed by atoms with van der Waals surface area (Å²) in [6.07, 6.45) is 3.84. The molecule has 1 heterocycles. The lowest BCUT2D eigenvalue weighted by Crippen LogP contribution is -2.39. The standard InChI is InChI=1S/C20H34N4O/c1-4-21-20(22-13-10-17-11-14-24(3)15-12-17)23-16-18-8-6-7-9-19(18)25-5-2/h6-9,17H,4-5,10-16H2,1-3H3,(H2,21,22,23). The van der Waals surface area contributed by atoms with Crippen molar-refractivity contribution in [1.82, 2.24) is 15.5 Å². The number of likely N-dealkylation sites (tertiary alicyclic amines) is 1. The van der Waals surface area contributed by atoms with Crippen LogP contribution in [-0.4, -0.2) is 50.7 Å². The van der Waals surface area contributed by atoms with Gasteiger partial charge in [0.15, 0.2) is 5.96 Å². The number of rotatable bonds is 8. The molecule has 1 fully saturated rings. The van der Waals surface area contributed by atoms with Crippen LogP contribution < -0.4 is 15.4 Å². The van der Waals surface area contributed by atoms with E-state index in [1.165, 1.54) is 32.4 Å². The second kappa shape index (κ2) is 11.0. The van der Waals surface area contributed by atoms with Crippen LogP contribution in [0.25, 0.3) is 0 Å².